The maximum absolute atomic E-state index is 13.3. The van der Waals surface area contributed by atoms with Gasteiger partial charge in [-0.15, -0.1) is 0 Å². The molecule has 170 valence electrons. The molecule has 3 aromatic carbocycles. The highest BCUT2D eigenvalue weighted by Crippen LogP contribution is 2.27. The number of rotatable bonds is 8. The number of amides is 2. The van der Waals surface area contributed by atoms with E-state index in [2.05, 4.69) is 10.6 Å². The van der Waals surface area contributed by atoms with Crippen LogP contribution in [0.2, 0.25) is 0 Å². The summed E-state index contributed by atoms with van der Waals surface area (Å²) in [5, 5.41) is 16.4. The summed E-state index contributed by atoms with van der Waals surface area (Å²) in [6, 6.07) is 18.8. The van der Waals surface area contributed by atoms with Crippen molar-refractivity contribution < 1.29 is 22.9 Å². The highest BCUT2D eigenvalue weighted by atomic mass is 32.2. The summed E-state index contributed by atoms with van der Waals surface area (Å²) in [5.41, 5.74) is 0.439. The van der Waals surface area contributed by atoms with Gasteiger partial charge in [-0.3, -0.25) is 24.0 Å². The van der Waals surface area contributed by atoms with E-state index in [1.165, 1.54) is 55.5 Å². The zero-order valence-corrected chi connectivity index (χ0v) is 18.3. The molecule has 0 atom stereocenters. The Kier molecular flexibility index (Phi) is 7.04. The predicted molar refractivity (Wildman–Crippen MR) is 123 cm³/mol. The van der Waals surface area contributed by atoms with Crippen LogP contribution in [0.4, 0.5) is 22.7 Å². The second-order valence-electron chi connectivity index (χ2n) is 6.91. The first kappa shape index (κ1) is 23.4. The first-order valence-electron chi connectivity index (χ1n) is 9.66. The number of anilines is 3. The zero-order chi connectivity index (χ0) is 24.0. The lowest BCUT2D eigenvalue weighted by molar-refractivity contribution is -0.384. The van der Waals surface area contributed by atoms with Crippen molar-refractivity contribution in [3.8, 4) is 0 Å². The Morgan fingerprint density at radius 2 is 1.55 bits per heavy atom. The van der Waals surface area contributed by atoms with Crippen molar-refractivity contribution >= 4 is 44.6 Å². The minimum absolute atomic E-state index is 0.0322. The molecule has 0 aliphatic rings. The molecule has 33 heavy (non-hydrogen) atoms. The van der Waals surface area contributed by atoms with Gasteiger partial charge in [0.1, 0.15) is 6.54 Å². The Balaban J connectivity index is 1.93. The van der Waals surface area contributed by atoms with Gasteiger partial charge in [0.15, 0.2) is 0 Å². The van der Waals surface area contributed by atoms with Crippen molar-refractivity contribution in [2.45, 2.75) is 11.8 Å². The van der Waals surface area contributed by atoms with E-state index in [1.54, 1.807) is 24.3 Å². The lowest BCUT2D eigenvalue weighted by Crippen LogP contribution is -2.38. The van der Waals surface area contributed by atoms with Crippen LogP contribution in [0.1, 0.15) is 6.92 Å². The number of sulfonamides is 1. The third-order valence-electron chi connectivity index (χ3n) is 4.41. The Morgan fingerprint density at radius 1 is 0.909 bits per heavy atom. The van der Waals surface area contributed by atoms with Crippen molar-refractivity contribution in [3.63, 3.8) is 0 Å². The highest BCUT2D eigenvalue weighted by Gasteiger charge is 2.28. The Bertz CT molecular complexity index is 1300. The van der Waals surface area contributed by atoms with Crippen LogP contribution in [0, 0.1) is 10.1 Å². The number of non-ortho nitro benzene ring substituents is 1. The molecule has 0 aliphatic carbocycles. The first-order chi connectivity index (χ1) is 15.7. The normalized spacial score (nSPS) is 10.8. The number of nitrogens with zero attached hydrogens (tertiary/aromatic N) is 2. The standard InChI is InChI=1S/C22H20N4O6S/c1-16(27)23-17-7-5-8-18(13-17)24-22(28)15-25(19-9-6-10-20(14-19)26(29)30)33(31,32)21-11-3-2-4-12-21/h2-14H,15H2,1H3,(H,23,27)(H,24,28). The molecule has 10 nitrogen and oxygen atoms in total. The molecule has 2 N–H and O–H groups in total. The molecular weight excluding hydrogens is 448 g/mol. The van der Waals surface area contributed by atoms with Crippen molar-refractivity contribution in [2.24, 2.45) is 0 Å². The minimum atomic E-state index is -4.22. The smallest absolute Gasteiger partial charge is 0.271 e. The van der Waals surface area contributed by atoms with Gasteiger partial charge < -0.3 is 10.6 Å². The van der Waals surface area contributed by atoms with Crippen LogP contribution in [-0.2, 0) is 19.6 Å². The number of carbonyl (C=O) groups is 2. The van der Waals surface area contributed by atoms with Crippen molar-refractivity contribution in [1.82, 2.24) is 0 Å². The molecule has 0 aromatic heterocycles. The molecule has 0 unspecified atom stereocenters. The van der Waals surface area contributed by atoms with Gasteiger partial charge >= 0.3 is 0 Å². The summed E-state index contributed by atoms with van der Waals surface area (Å²) in [4.78, 5) is 34.5. The van der Waals surface area contributed by atoms with Gasteiger partial charge in [0.05, 0.1) is 15.5 Å². The topological polar surface area (TPSA) is 139 Å². The van der Waals surface area contributed by atoms with Crippen LogP contribution < -0.4 is 14.9 Å². The molecular formula is C22H20N4O6S. The van der Waals surface area contributed by atoms with Crippen LogP contribution in [0.5, 0.6) is 0 Å². The Labute approximate surface area is 190 Å². The number of carbonyl (C=O) groups excluding carboxylic acids is 2. The minimum Gasteiger partial charge on any atom is -0.326 e. The molecule has 0 spiro atoms. The number of nitro groups is 1. The Hall–Kier alpha value is -4.25. The fourth-order valence-electron chi connectivity index (χ4n) is 3.01. The average Bonchev–Trinajstić information content (AvgIpc) is 2.78. The van der Waals surface area contributed by atoms with E-state index in [1.807, 2.05) is 0 Å². The van der Waals surface area contributed by atoms with Crippen LogP contribution in [0.25, 0.3) is 0 Å². The van der Waals surface area contributed by atoms with Gasteiger partial charge in [0.25, 0.3) is 15.7 Å². The van der Waals surface area contributed by atoms with Gasteiger partial charge in [-0.1, -0.05) is 30.3 Å². The van der Waals surface area contributed by atoms with Crippen LogP contribution in [0.3, 0.4) is 0 Å². The van der Waals surface area contributed by atoms with Crippen molar-refractivity contribution in [2.75, 3.05) is 21.5 Å². The number of hydrogen-bond acceptors (Lipinski definition) is 6. The SMILES string of the molecule is CC(=O)Nc1cccc(NC(=O)CN(c2cccc([N+](=O)[O-])c2)S(=O)(=O)c2ccccc2)c1. The van der Waals surface area contributed by atoms with E-state index in [9.17, 15) is 28.1 Å². The van der Waals surface area contributed by atoms with Crippen LogP contribution >= 0.6 is 0 Å². The molecule has 0 fully saturated rings. The quantitative estimate of drug-likeness (QED) is 0.384. The fraction of sp³-hybridized carbons (Fsp3) is 0.0909. The van der Waals surface area contributed by atoms with Gasteiger partial charge in [0.2, 0.25) is 11.8 Å². The lowest BCUT2D eigenvalue weighted by Gasteiger charge is -2.24. The number of nitro benzene ring substituents is 1. The number of hydrogen-bond donors (Lipinski definition) is 2. The van der Waals surface area contributed by atoms with Gasteiger partial charge in [-0.25, -0.2) is 8.42 Å². The summed E-state index contributed by atoms with van der Waals surface area (Å²) < 4.78 is 27.4. The van der Waals surface area contributed by atoms with Crippen molar-refractivity contribution in [3.05, 3.63) is 89.0 Å². The molecule has 3 aromatic rings. The van der Waals surface area contributed by atoms with E-state index in [-0.39, 0.29) is 22.2 Å². The predicted octanol–water partition coefficient (Wildman–Crippen LogP) is 3.39. The van der Waals surface area contributed by atoms with Crippen molar-refractivity contribution in [1.29, 1.82) is 0 Å². The van der Waals surface area contributed by atoms with Crippen LogP contribution in [-0.4, -0.2) is 31.7 Å². The van der Waals surface area contributed by atoms with E-state index in [0.29, 0.717) is 11.4 Å². The summed E-state index contributed by atoms with van der Waals surface area (Å²) >= 11 is 0. The van der Waals surface area contributed by atoms with Gasteiger partial charge in [0, 0.05) is 30.4 Å². The second-order valence-corrected chi connectivity index (χ2v) is 8.77. The molecule has 0 bridgehead atoms. The highest BCUT2D eigenvalue weighted by molar-refractivity contribution is 7.92. The second kappa shape index (κ2) is 9.92. The zero-order valence-electron chi connectivity index (χ0n) is 17.5. The summed E-state index contributed by atoms with van der Waals surface area (Å²) in [7, 11) is -4.22. The summed E-state index contributed by atoms with van der Waals surface area (Å²) in [5.74, 6) is -0.967. The molecule has 0 radical (unpaired) electrons. The third kappa shape index (κ3) is 5.92. The Morgan fingerprint density at radius 3 is 2.18 bits per heavy atom. The molecule has 0 heterocycles. The third-order valence-corrected chi connectivity index (χ3v) is 6.20. The van der Waals surface area contributed by atoms with Gasteiger partial charge in [-0.2, -0.15) is 0 Å². The van der Waals surface area contributed by atoms with Crippen LogP contribution in [0.15, 0.2) is 83.8 Å². The molecule has 2 amide bonds. The largest absolute Gasteiger partial charge is 0.326 e. The molecule has 3 rings (SSSR count). The van der Waals surface area contributed by atoms with E-state index >= 15 is 0 Å². The molecule has 0 saturated carbocycles. The maximum Gasteiger partial charge on any atom is 0.271 e. The van der Waals surface area contributed by atoms with E-state index < -0.39 is 27.4 Å². The molecule has 11 heteroatoms. The fourth-order valence-corrected chi connectivity index (χ4v) is 4.44. The van der Waals surface area contributed by atoms with E-state index in [4.69, 9.17) is 0 Å². The number of benzene rings is 3. The summed E-state index contributed by atoms with van der Waals surface area (Å²) in [6.07, 6.45) is 0. The monoisotopic (exact) mass is 468 g/mol. The molecule has 0 saturated heterocycles. The van der Waals surface area contributed by atoms with Gasteiger partial charge in [-0.05, 0) is 36.4 Å². The molecule has 0 aliphatic heterocycles. The average molecular weight is 468 g/mol. The maximum atomic E-state index is 13.3. The van der Waals surface area contributed by atoms with E-state index in [0.717, 1.165) is 10.4 Å². The number of nitrogens with one attached hydrogen (secondary N) is 2. The lowest BCUT2D eigenvalue weighted by atomic mass is 10.2. The summed E-state index contributed by atoms with van der Waals surface area (Å²) in [6.45, 7) is 0.708. The first-order valence-corrected chi connectivity index (χ1v) is 11.1.